The molecule has 0 aliphatic rings. The fourth-order valence-electron chi connectivity index (χ4n) is 2.87. The summed E-state index contributed by atoms with van der Waals surface area (Å²) >= 11 is 0. The van der Waals surface area contributed by atoms with Crippen molar-refractivity contribution in [2.24, 2.45) is 5.10 Å². The number of benzene rings is 3. The zero-order valence-electron chi connectivity index (χ0n) is 15.0. The summed E-state index contributed by atoms with van der Waals surface area (Å²) in [5.41, 5.74) is 5.67. The van der Waals surface area contributed by atoms with Crippen molar-refractivity contribution in [2.45, 2.75) is 19.8 Å². The van der Waals surface area contributed by atoms with Crippen molar-refractivity contribution in [1.82, 2.24) is 5.43 Å². The van der Waals surface area contributed by atoms with Gasteiger partial charge in [-0.15, -0.1) is 0 Å². The van der Waals surface area contributed by atoms with Crippen LogP contribution >= 0.6 is 0 Å². The third-order valence-electron chi connectivity index (χ3n) is 4.33. The molecule has 0 fully saturated rings. The molecule has 1 N–H and O–H groups in total. The smallest absolute Gasteiger partial charge is 0.244 e. The van der Waals surface area contributed by atoms with Crippen LogP contribution in [0, 0.1) is 0 Å². The number of ether oxygens (including phenoxy) is 1. The molecule has 3 aromatic rings. The van der Waals surface area contributed by atoms with Crippen molar-refractivity contribution < 1.29 is 9.53 Å². The average molecular weight is 346 g/mol. The fourth-order valence-corrected chi connectivity index (χ4v) is 2.87. The molecule has 4 heteroatoms. The van der Waals surface area contributed by atoms with E-state index in [-0.39, 0.29) is 5.91 Å². The summed E-state index contributed by atoms with van der Waals surface area (Å²) in [7, 11) is 1.62. The minimum atomic E-state index is -0.148. The van der Waals surface area contributed by atoms with Crippen LogP contribution in [0.15, 0.2) is 65.8 Å². The second-order valence-corrected chi connectivity index (χ2v) is 6.04. The lowest BCUT2D eigenvalue weighted by atomic mass is 10.0. The second-order valence-electron chi connectivity index (χ2n) is 6.04. The Morgan fingerprint density at radius 1 is 1.04 bits per heavy atom. The van der Waals surface area contributed by atoms with Crippen molar-refractivity contribution in [3.05, 3.63) is 77.4 Å². The minimum absolute atomic E-state index is 0.148. The molecule has 0 aromatic heterocycles. The van der Waals surface area contributed by atoms with E-state index in [1.165, 1.54) is 5.56 Å². The first-order valence-corrected chi connectivity index (χ1v) is 8.66. The van der Waals surface area contributed by atoms with E-state index >= 15 is 0 Å². The van der Waals surface area contributed by atoms with Crippen LogP contribution in [0.25, 0.3) is 10.8 Å². The molecule has 0 aliphatic carbocycles. The van der Waals surface area contributed by atoms with Gasteiger partial charge in [0.15, 0.2) is 0 Å². The Bertz CT molecular complexity index is 931. The number of hydrazone groups is 1. The van der Waals surface area contributed by atoms with Gasteiger partial charge in [0.25, 0.3) is 0 Å². The summed E-state index contributed by atoms with van der Waals surface area (Å²) in [6.07, 6.45) is 2.93. The molecule has 0 saturated carbocycles. The summed E-state index contributed by atoms with van der Waals surface area (Å²) in [6, 6.07) is 20.0. The predicted octanol–water partition coefficient (Wildman–Crippen LogP) is 4.10. The van der Waals surface area contributed by atoms with E-state index in [4.69, 9.17) is 4.74 Å². The predicted molar refractivity (Wildman–Crippen MR) is 106 cm³/mol. The number of amides is 1. The molecule has 0 atom stereocenters. The first-order valence-electron chi connectivity index (χ1n) is 8.66. The Labute approximate surface area is 153 Å². The Balaban J connectivity index is 1.71. The first kappa shape index (κ1) is 17.7. The zero-order chi connectivity index (χ0) is 18.4. The maximum absolute atomic E-state index is 12.1. The van der Waals surface area contributed by atoms with E-state index in [1.807, 2.05) is 60.7 Å². The summed E-state index contributed by atoms with van der Waals surface area (Å²) in [5.74, 6) is 0.571. The van der Waals surface area contributed by atoms with Crippen LogP contribution in [-0.2, 0) is 17.6 Å². The van der Waals surface area contributed by atoms with Gasteiger partial charge in [-0.25, -0.2) is 5.43 Å². The van der Waals surface area contributed by atoms with Crippen LogP contribution in [0.3, 0.4) is 0 Å². The van der Waals surface area contributed by atoms with E-state index in [0.29, 0.717) is 6.42 Å². The maximum atomic E-state index is 12.1. The largest absolute Gasteiger partial charge is 0.496 e. The van der Waals surface area contributed by atoms with E-state index in [1.54, 1.807) is 13.3 Å². The fraction of sp³-hybridized carbons (Fsp3) is 0.182. The molecular weight excluding hydrogens is 324 g/mol. The van der Waals surface area contributed by atoms with Crippen LogP contribution in [0.1, 0.15) is 23.6 Å². The number of nitrogens with zero attached hydrogens (tertiary/aromatic N) is 1. The lowest BCUT2D eigenvalue weighted by Gasteiger charge is -2.08. The normalized spacial score (nSPS) is 11.0. The standard InChI is InChI=1S/C22H22N2O2/c1-3-16-8-10-17(11-9-16)14-22(25)24-23-15-20-19-7-5-4-6-18(19)12-13-21(20)26-2/h4-13,15H,3,14H2,1-2H3,(H,24,25)/b23-15-. The number of hydrogen-bond acceptors (Lipinski definition) is 3. The molecule has 0 spiro atoms. The average Bonchev–Trinajstić information content (AvgIpc) is 2.68. The van der Waals surface area contributed by atoms with Gasteiger partial charge in [0.05, 0.1) is 19.7 Å². The second kappa shape index (κ2) is 8.30. The first-order chi connectivity index (χ1) is 12.7. The molecular formula is C22H22N2O2. The molecule has 0 heterocycles. The lowest BCUT2D eigenvalue weighted by molar-refractivity contribution is -0.120. The van der Waals surface area contributed by atoms with Crippen LogP contribution in [-0.4, -0.2) is 19.2 Å². The molecule has 3 aromatic carbocycles. The quantitative estimate of drug-likeness (QED) is 0.539. The summed E-state index contributed by atoms with van der Waals surface area (Å²) in [6.45, 7) is 2.11. The van der Waals surface area contributed by atoms with Gasteiger partial charge in [-0.05, 0) is 34.4 Å². The number of aryl methyl sites for hydroxylation is 1. The monoisotopic (exact) mass is 346 g/mol. The summed E-state index contributed by atoms with van der Waals surface area (Å²) in [4.78, 5) is 12.1. The molecule has 132 valence electrons. The SMILES string of the molecule is CCc1ccc(CC(=O)N/N=C\c2c(OC)ccc3ccccc23)cc1. The van der Waals surface area contributed by atoms with Crippen molar-refractivity contribution >= 4 is 22.9 Å². The molecule has 4 nitrogen and oxygen atoms in total. The van der Waals surface area contributed by atoms with Gasteiger partial charge in [-0.2, -0.15) is 5.10 Å². The van der Waals surface area contributed by atoms with Gasteiger partial charge in [0.2, 0.25) is 5.91 Å². The highest BCUT2D eigenvalue weighted by molar-refractivity contribution is 6.02. The number of rotatable bonds is 6. The van der Waals surface area contributed by atoms with Gasteiger partial charge < -0.3 is 4.74 Å². The van der Waals surface area contributed by atoms with Crippen molar-refractivity contribution in [3.8, 4) is 5.75 Å². The van der Waals surface area contributed by atoms with Gasteiger partial charge >= 0.3 is 0 Å². The van der Waals surface area contributed by atoms with Crippen molar-refractivity contribution in [3.63, 3.8) is 0 Å². The molecule has 0 aliphatic heterocycles. The van der Waals surface area contributed by atoms with Crippen LogP contribution in [0.2, 0.25) is 0 Å². The van der Waals surface area contributed by atoms with Crippen molar-refractivity contribution in [2.75, 3.05) is 7.11 Å². The van der Waals surface area contributed by atoms with Crippen LogP contribution in [0.4, 0.5) is 0 Å². The minimum Gasteiger partial charge on any atom is -0.496 e. The van der Waals surface area contributed by atoms with Gasteiger partial charge in [-0.1, -0.05) is 61.5 Å². The Morgan fingerprint density at radius 2 is 1.77 bits per heavy atom. The third-order valence-corrected chi connectivity index (χ3v) is 4.33. The molecule has 0 bridgehead atoms. The lowest BCUT2D eigenvalue weighted by Crippen LogP contribution is -2.19. The molecule has 1 amide bonds. The highest BCUT2D eigenvalue weighted by atomic mass is 16.5. The number of carbonyl (C=O) groups is 1. The van der Waals surface area contributed by atoms with E-state index < -0.39 is 0 Å². The van der Waals surface area contributed by atoms with E-state index in [2.05, 4.69) is 17.5 Å². The molecule has 3 rings (SSSR count). The Hall–Kier alpha value is -3.14. The number of fused-ring (bicyclic) bond motifs is 1. The molecule has 26 heavy (non-hydrogen) atoms. The zero-order valence-corrected chi connectivity index (χ0v) is 15.0. The number of methoxy groups -OCH3 is 1. The summed E-state index contributed by atoms with van der Waals surface area (Å²) < 4.78 is 5.42. The van der Waals surface area contributed by atoms with Gasteiger partial charge in [0.1, 0.15) is 5.75 Å². The highest BCUT2D eigenvalue weighted by Crippen LogP contribution is 2.26. The highest BCUT2D eigenvalue weighted by Gasteiger charge is 2.06. The number of nitrogens with one attached hydrogen (secondary N) is 1. The molecule has 0 unspecified atom stereocenters. The van der Waals surface area contributed by atoms with Crippen molar-refractivity contribution in [1.29, 1.82) is 0 Å². The number of carbonyl (C=O) groups excluding carboxylic acids is 1. The molecule has 0 saturated heterocycles. The van der Waals surface area contributed by atoms with E-state index in [9.17, 15) is 4.79 Å². The maximum Gasteiger partial charge on any atom is 0.244 e. The van der Waals surface area contributed by atoms with Gasteiger partial charge in [-0.3, -0.25) is 4.79 Å². The van der Waals surface area contributed by atoms with E-state index in [0.717, 1.165) is 34.1 Å². The van der Waals surface area contributed by atoms with Gasteiger partial charge in [0, 0.05) is 5.56 Å². The summed E-state index contributed by atoms with van der Waals surface area (Å²) in [5, 5.41) is 6.25. The third kappa shape index (κ3) is 4.09. The Kier molecular flexibility index (Phi) is 5.64. The van der Waals surface area contributed by atoms with Crippen LogP contribution in [0.5, 0.6) is 5.75 Å². The van der Waals surface area contributed by atoms with Crippen LogP contribution < -0.4 is 10.2 Å². The molecule has 0 radical (unpaired) electrons. The Morgan fingerprint density at radius 3 is 2.50 bits per heavy atom. The number of hydrogen-bond donors (Lipinski definition) is 1. The topological polar surface area (TPSA) is 50.7 Å².